The van der Waals surface area contributed by atoms with E-state index in [9.17, 15) is 19.0 Å². The number of carbonyl (C=O) groups is 2. The number of quaternary nitrogens is 1. The number of phosphoric acid groups is 1. The molecule has 0 bridgehead atoms. The maximum Gasteiger partial charge on any atom is 0.306 e. The molecule has 0 aromatic rings. The number of likely N-dealkylation sites (N-methyl/N-ethyl adjacent to an activating group) is 1. The predicted molar refractivity (Wildman–Crippen MR) is 383 cm³/mol. The molecule has 0 aliphatic heterocycles. The fraction of sp³-hybridized carbons (Fsp3) is 0.722. The van der Waals surface area contributed by atoms with E-state index in [1.165, 1.54) is 186 Å². The van der Waals surface area contributed by atoms with Gasteiger partial charge in [0.15, 0.2) is 6.10 Å². The third-order valence-corrected chi connectivity index (χ3v) is 16.7. The van der Waals surface area contributed by atoms with Gasteiger partial charge in [0.25, 0.3) is 7.82 Å². The lowest BCUT2D eigenvalue weighted by Crippen LogP contribution is -2.37. The Balaban J connectivity index is 4.12. The van der Waals surface area contributed by atoms with Crippen LogP contribution in [0.25, 0.3) is 0 Å². The van der Waals surface area contributed by atoms with Gasteiger partial charge in [-0.2, -0.15) is 0 Å². The van der Waals surface area contributed by atoms with Crippen LogP contribution in [0.4, 0.5) is 0 Å². The number of unbranched alkanes of at least 4 members (excludes halogenated alkanes) is 33. The number of phosphoric ester groups is 1. The molecule has 0 aliphatic carbocycles. The summed E-state index contributed by atoms with van der Waals surface area (Å²) < 4.78 is 34.3. The van der Waals surface area contributed by atoms with Crippen LogP contribution >= 0.6 is 7.82 Å². The molecule has 0 amide bonds. The molecule has 0 spiro atoms. The summed E-state index contributed by atoms with van der Waals surface area (Å²) in [5.74, 6) is -0.881. The Morgan fingerprint density at radius 1 is 0.360 bits per heavy atom. The van der Waals surface area contributed by atoms with Gasteiger partial charge >= 0.3 is 11.9 Å². The van der Waals surface area contributed by atoms with Crippen molar-refractivity contribution in [2.45, 2.75) is 322 Å². The number of ether oxygens (including phenoxy) is 2. The summed E-state index contributed by atoms with van der Waals surface area (Å²) in [6.07, 6.45) is 98.8. The first kappa shape index (κ1) is 85.4. The minimum Gasteiger partial charge on any atom is -0.756 e. The van der Waals surface area contributed by atoms with Crippen LogP contribution in [-0.4, -0.2) is 70.0 Å². The van der Waals surface area contributed by atoms with Gasteiger partial charge in [-0.25, -0.2) is 0 Å². The highest BCUT2D eigenvalue weighted by Gasteiger charge is 2.22. The second kappa shape index (κ2) is 68.8. The second-order valence-corrected chi connectivity index (χ2v) is 27.0. The number of hydrogen-bond donors (Lipinski definition) is 0. The van der Waals surface area contributed by atoms with E-state index >= 15 is 0 Å². The maximum absolute atomic E-state index is 12.9. The largest absolute Gasteiger partial charge is 0.756 e. The van der Waals surface area contributed by atoms with E-state index in [2.05, 4.69) is 135 Å². The second-order valence-electron chi connectivity index (χ2n) is 25.6. The van der Waals surface area contributed by atoms with Crippen molar-refractivity contribution in [3.8, 4) is 0 Å². The fourth-order valence-corrected chi connectivity index (χ4v) is 10.9. The molecule has 0 saturated carbocycles. The molecule has 0 fully saturated rings. The summed E-state index contributed by atoms with van der Waals surface area (Å²) in [4.78, 5) is 38.1. The van der Waals surface area contributed by atoms with Crippen LogP contribution in [0, 0.1) is 0 Å². The van der Waals surface area contributed by atoms with Gasteiger partial charge in [-0.05, 0) is 89.9 Å². The van der Waals surface area contributed by atoms with E-state index < -0.39 is 32.5 Å². The lowest BCUT2D eigenvalue weighted by Gasteiger charge is -2.28. The van der Waals surface area contributed by atoms with Crippen LogP contribution in [-0.2, 0) is 32.7 Å². The Labute approximate surface area is 549 Å². The van der Waals surface area contributed by atoms with Crippen LogP contribution in [0.2, 0.25) is 0 Å². The molecule has 0 heterocycles. The summed E-state index contributed by atoms with van der Waals surface area (Å²) in [5, 5.41) is 0. The lowest BCUT2D eigenvalue weighted by atomic mass is 10.0. The Hall–Kier alpha value is -3.59. The number of rotatable bonds is 67. The first-order valence-electron chi connectivity index (χ1n) is 36.7. The minimum atomic E-state index is -4.66. The molecule has 0 saturated heterocycles. The van der Waals surface area contributed by atoms with Crippen molar-refractivity contribution in [2.24, 2.45) is 0 Å². The molecule has 0 aliphatic rings. The molecule has 512 valence electrons. The van der Waals surface area contributed by atoms with E-state index in [0.717, 1.165) is 96.3 Å². The van der Waals surface area contributed by atoms with Crippen LogP contribution in [0.15, 0.2) is 122 Å². The highest BCUT2D eigenvalue weighted by molar-refractivity contribution is 7.45. The molecule has 0 N–H and O–H groups in total. The van der Waals surface area contributed by atoms with Gasteiger partial charge in [0.1, 0.15) is 19.8 Å². The summed E-state index contributed by atoms with van der Waals surface area (Å²) in [6, 6.07) is 0. The monoisotopic (exact) mass is 1260 g/mol. The fourth-order valence-electron chi connectivity index (χ4n) is 10.2. The van der Waals surface area contributed by atoms with E-state index in [0.29, 0.717) is 17.4 Å². The van der Waals surface area contributed by atoms with Crippen LogP contribution in [0.1, 0.15) is 316 Å². The predicted octanol–water partition coefficient (Wildman–Crippen LogP) is 23.6. The van der Waals surface area contributed by atoms with Crippen molar-refractivity contribution < 1.29 is 42.1 Å². The van der Waals surface area contributed by atoms with E-state index in [1.54, 1.807) is 0 Å². The molecule has 0 rings (SSSR count). The first-order valence-corrected chi connectivity index (χ1v) is 38.2. The Morgan fingerprint density at radius 3 is 0.955 bits per heavy atom. The molecule has 0 aromatic carbocycles. The molecule has 2 unspecified atom stereocenters. The first-order chi connectivity index (χ1) is 43.5. The minimum absolute atomic E-state index is 0.0444. The molecule has 0 aromatic heterocycles. The smallest absolute Gasteiger partial charge is 0.306 e. The average molecular weight is 1260 g/mol. The lowest BCUT2D eigenvalue weighted by molar-refractivity contribution is -0.870. The van der Waals surface area contributed by atoms with Crippen molar-refractivity contribution in [1.29, 1.82) is 0 Å². The van der Waals surface area contributed by atoms with Crippen molar-refractivity contribution in [3.05, 3.63) is 122 Å². The number of nitrogens with zero attached hydrogens (tertiary/aromatic N) is 1. The molecule has 9 nitrogen and oxygen atoms in total. The summed E-state index contributed by atoms with van der Waals surface area (Å²) in [6.45, 7) is 4.10. The van der Waals surface area contributed by atoms with Gasteiger partial charge in [0.05, 0.1) is 27.7 Å². The zero-order valence-electron chi connectivity index (χ0n) is 58.3. The molecule has 10 heteroatoms. The normalized spacial score (nSPS) is 13.8. The number of hydrogen-bond acceptors (Lipinski definition) is 8. The van der Waals surface area contributed by atoms with Gasteiger partial charge in [-0.15, -0.1) is 0 Å². The molecular formula is C79H138NO8P. The topological polar surface area (TPSA) is 111 Å². The van der Waals surface area contributed by atoms with Crippen LogP contribution in [0.3, 0.4) is 0 Å². The van der Waals surface area contributed by atoms with E-state index in [-0.39, 0.29) is 26.1 Å². The number of carbonyl (C=O) groups excluding carboxylic acids is 2. The average Bonchev–Trinajstić information content (AvgIpc) is 3.60. The highest BCUT2D eigenvalue weighted by Crippen LogP contribution is 2.38. The third kappa shape index (κ3) is 73.3. The number of allylic oxidation sites excluding steroid dienone is 20. The highest BCUT2D eigenvalue weighted by atomic mass is 31.2. The SMILES string of the molecule is CC/C=C\C/C=C\C/C=C\C/C=C\C/C=C\C/C=C\C/C=C\C/C=C\C/C=C\C/C=C\CCCCC(=O)OC(COC(=O)CCCCCCCCCCCCCCCCCCCCCCCCCCCCCCCCCC)COP(=O)([O-])OCC[N+](C)(C)C. The Bertz CT molecular complexity index is 1920. The summed E-state index contributed by atoms with van der Waals surface area (Å²) in [7, 11) is 1.13. The van der Waals surface area contributed by atoms with Gasteiger partial charge < -0.3 is 27.9 Å². The van der Waals surface area contributed by atoms with Crippen molar-refractivity contribution in [2.75, 3.05) is 47.5 Å². The van der Waals surface area contributed by atoms with Crippen molar-refractivity contribution >= 4 is 19.8 Å². The Kier molecular flexibility index (Phi) is 66.0. The van der Waals surface area contributed by atoms with Gasteiger partial charge in [0, 0.05) is 12.8 Å². The maximum atomic E-state index is 12.9. The number of esters is 2. The molecule has 2 atom stereocenters. The molecule has 89 heavy (non-hydrogen) atoms. The zero-order chi connectivity index (χ0) is 64.8. The van der Waals surface area contributed by atoms with Gasteiger partial charge in [-0.1, -0.05) is 334 Å². The van der Waals surface area contributed by atoms with Crippen LogP contribution < -0.4 is 4.89 Å². The third-order valence-electron chi connectivity index (χ3n) is 15.7. The van der Waals surface area contributed by atoms with Crippen molar-refractivity contribution in [1.82, 2.24) is 0 Å². The molecule has 0 radical (unpaired) electrons. The van der Waals surface area contributed by atoms with E-state index in [4.69, 9.17) is 18.5 Å². The van der Waals surface area contributed by atoms with E-state index in [1.807, 2.05) is 21.1 Å². The van der Waals surface area contributed by atoms with Gasteiger partial charge in [-0.3, -0.25) is 14.2 Å². The van der Waals surface area contributed by atoms with Gasteiger partial charge in [0.2, 0.25) is 0 Å². The molecular weight excluding hydrogens is 1120 g/mol. The standard InChI is InChI=1S/C79H138NO8P/c1-6-8-10-12-14-16-18-20-22-24-26-28-30-32-34-36-38-40-42-44-46-48-50-52-54-56-58-60-62-64-66-68-70-72-79(82)88-77(76-87-89(83,84)86-74-73-80(3,4)5)75-85-78(81)71-69-67-65-63-61-59-57-55-53-51-49-47-45-43-41-39-37-35-33-31-29-27-25-23-21-19-17-15-13-11-9-7-2/h8,10,14,16,20,22,26,28,32,34,38,40,44,46,50,52,56,58,62,64,77H,6-7,9,11-13,15,17-19,21,23-25,27,29-31,33,35-37,39,41-43,45,47-49,51,53-55,57,59-61,63,65-76H2,1-5H3/b10-8-,16-14-,22-20-,28-26-,34-32-,40-38-,46-44-,52-50-,58-56-,64-62-. The zero-order valence-corrected chi connectivity index (χ0v) is 59.2. The summed E-state index contributed by atoms with van der Waals surface area (Å²) in [5.41, 5.74) is 0. The quantitative estimate of drug-likeness (QED) is 0.0195. The van der Waals surface area contributed by atoms with Crippen molar-refractivity contribution in [3.63, 3.8) is 0 Å². The van der Waals surface area contributed by atoms with Crippen LogP contribution in [0.5, 0.6) is 0 Å². The Morgan fingerprint density at radius 2 is 0.640 bits per heavy atom. The summed E-state index contributed by atoms with van der Waals surface area (Å²) >= 11 is 0.